The first kappa shape index (κ1) is 22.6. The van der Waals surface area contributed by atoms with E-state index in [1.165, 1.54) is 6.92 Å². The molecule has 0 atom stereocenters. The van der Waals surface area contributed by atoms with Crippen molar-refractivity contribution in [1.82, 2.24) is 5.32 Å². The molecule has 0 fully saturated rings. The summed E-state index contributed by atoms with van der Waals surface area (Å²) in [5, 5.41) is 5.42. The molecule has 0 spiro atoms. The highest BCUT2D eigenvalue weighted by Gasteiger charge is 2.10. The molecule has 0 aromatic heterocycles. The number of carbonyl (C=O) groups excluding carboxylic acids is 2. The van der Waals surface area contributed by atoms with Crippen LogP contribution in [0, 0.1) is 11.8 Å². The summed E-state index contributed by atoms with van der Waals surface area (Å²) < 4.78 is 16.6. The summed E-state index contributed by atoms with van der Waals surface area (Å²) in [6.07, 6.45) is 0. The Morgan fingerprint density at radius 1 is 0.933 bits per heavy atom. The lowest BCUT2D eigenvalue weighted by Gasteiger charge is -2.12. The predicted octanol–water partition coefficient (Wildman–Crippen LogP) is 3.25. The van der Waals surface area contributed by atoms with Crippen LogP contribution in [0.2, 0.25) is 0 Å². The quantitative estimate of drug-likeness (QED) is 0.620. The molecule has 158 valence electrons. The lowest BCUT2D eigenvalue weighted by molar-refractivity contribution is -0.114. The third kappa shape index (κ3) is 7.40. The third-order valence-electron chi connectivity index (χ3n) is 3.73. The van der Waals surface area contributed by atoms with Gasteiger partial charge in [0.15, 0.2) is 11.5 Å². The number of hydrogen-bond acceptors (Lipinski definition) is 5. The number of amides is 2. The Balaban J connectivity index is 1.83. The number of benzene rings is 2. The van der Waals surface area contributed by atoms with Crippen LogP contribution in [0.3, 0.4) is 0 Å². The Morgan fingerprint density at radius 3 is 2.43 bits per heavy atom. The van der Waals surface area contributed by atoms with Crippen molar-refractivity contribution >= 4 is 17.5 Å². The molecule has 0 aliphatic carbocycles. The van der Waals surface area contributed by atoms with E-state index in [9.17, 15) is 9.59 Å². The van der Waals surface area contributed by atoms with Crippen molar-refractivity contribution in [2.24, 2.45) is 0 Å². The molecule has 0 heterocycles. The number of carbonyl (C=O) groups is 2. The molecule has 2 aromatic rings. The minimum Gasteiger partial charge on any atom is -0.490 e. The first-order valence-corrected chi connectivity index (χ1v) is 9.67. The van der Waals surface area contributed by atoms with E-state index >= 15 is 0 Å². The van der Waals surface area contributed by atoms with Gasteiger partial charge in [0, 0.05) is 24.2 Å². The molecule has 0 bridgehead atoms. The zero-order chi connectivity index (χ0) is 21.8. The monoisotopic (exact) mass is 410 g/mol. The van der Waals surface area contributed by atoms with Gasteiger partial charge in [0.1, 0.15) is 12.4 Å². The summed E-state index contributed by atoms with van der Waals surface area (Å²) in [6, 6.07) is 12.1. The highest BCUT2D eigenvalue weighted by atomic mass is 16.5. The molecule has 0 radical (unpaired) electrons. The van der Waals surface area contributed by atoms with Crippen molar-refractivity contribution in [3.8, 4) is 29.1 Å². The second-order valence-corrected chi connectivity index (χ2v) is 6.06. The number of ether oxygens (including phenoxy) is 3. The Kier molecular flexibility index (Phi) is 9.07. The highest BCUT2D eigenvalue weighted by molar-refractivity contribution is 5.95. The molecular formula is C23H26N2O5. The van der Waals surface area contributed by atoms with Crippen LogP contribution >= 0.6 is 0 Å². The van der Waals surface area contributed by atoms with Crippen LogP contribution < -0.4 is 24.8 Å². The lowest BCUT2D eigenvalue weighted by atomic mass is 10.2. The van der Waals surface area contributed by atoms with Crippen LogP contribution in [0.25, 0.3) is 0 Å². The average molecular weight is 410 g/mol. The number of nitrogens with one attached hydrogen (secondary N) is 2. The molecule has 0 saturated carbocycles. The zero-order valence-electron chi connectivity index (χ0n) is 17.4. The van der Waals surface area contributed by atoms with Gasteiger partial charge in [-0.2, -0.15) is 0 Å². The van der Waals surface area contributed by atoms with E-state index in [0.717, 1.165) is 0 Å². The molecule has 2 amide bonds. The van der Waals surface area contributed by atoms with Gasteiger partial charge in [-0.25, -0.2) is 0 Å². The standard InChI is InChI=1S/C23H26N2O5/c1-4-28-21-12-11-18(15-22(21)29-5-2)23(27)24-13-6-7-14-30-20-10-8-9-19(16-20)25-17(3)26/h8-12,15-16H,4-5,13-14H2,1-3H3,(H,24,27)(H,25,26). The fourth-order valence-electron chi connectivity index (χ4n) is 2.52. The summed E-state index contributed by atoms with van der Waals surface area (Å²) in [7, 11) is 0. The molecule has 2 N–H and O–H groups in total. The second kappa shape index (κ2) is 12.0. The Morgan fingerprint density at radius 2 is 1.70 bits per heavy atom. The maximum absolute atomic E-state index is 12.3. The average Bonchev–Trinajstić information content (AvgIpc) is 2.72. The molecule has 0 saturated heterocycles. The van der Waals surface area contributed by atoms with E-state index in [1.807, 2.05) is 13.8 Å². The molecule has 0 aliphatic rings. The van der Waals surface area contributed by atoms with Crippen LogP contribution in [0.1, 0.15) is 31.1 Å². The van der Waals surface area contributed by atoms with Crippen molar-refractivity contribution in [3.63, 3.8) is 0 Å². The van der Waals surface area contributed by atoms with Gasteiger partial charge in [-0.05, 0) is 44.2 Å². The fraction of sp³-hybridized carbons (Fsp3) is 0.304. The van der Waals surface area contributed by atoms with E-state index in [2.05, 4.69) is 22.5 Å². The Hall–Kier alpha value is -3.66. The van der Waals surface area contributed by atoms with Crippen molar-refractivity contribution in [2.45, 2.75) is 20.8 Å². The van der Waals surface area contributed by atoms with Gasteiger partial charge in [0.25, 0.3) is 5.91 Å². The molecular weight excluding hydrogens is 384 g/mol. The summed E-state index contributed by atoms with van der Waals surface area (Å²) in [6.45, 7) is 6.54. The van der Waals surface area contributed by atoms with E-state index < -0.39 is 0 Å². The number of anilines is 1. The minimum atomic E-state index is -0.253. The molecule has 0 unspecified atom stereocenters. The summed E-state index contributed by atoms with van der Waals surface area (Å²) >= 11 is 0. The van der Waals surface area contributed by atoms with Crippen LogP contribution in [-0.2, 0) is 4.79 Å². The molecule has 2 rings (SSSR count). The van der Waals surface area contributed by atoms with E-state index in [1.54, 1.807) is 42.5 Å². The maximum atomic E-state index is 12.3. The van der Waals surface area contributed by atoms with Crippen molar-refractivity contribution in [1.29, 1.82) is 0 Å². The lowest BCUT2D eigenvalue weighted by Crippen LogP contribution is -2.23. The van der Waals surface area contributed by atoms with Gasteiger partial charge in [-0.1, -0.05) is 17.9 Å². The van der Waals surface area contributed by atoms with Gasteiger partial charge in [0.05, 0.1) is 19.8 Å². The first-order valence-electron chi connectivity index (χ1n) is 9.67. The minimum absolute atomic E-state index is 0.149. The van der Waals surface area contributed by atoms with E-state index in [0.29, 0.717) is 41.7 Å². The Bertz CT molecular complexity index is 931. The molecule has 2 aromatic carbocycles. The third-order valence-corrected chi connectivity index (χ3v) is 3.73. The van der Waals surface area contributed by atoms with Crippen molar-refractivity contribution < 1.29 is 23.8 Å². The van der Waals surface area contributed by atoms with Gasteiger partial charge in [-0.3, -0.25) is 9.59 Å². The van der Waals surface area contributed by atoms with Gasteiger partial charge in [-0.15, -0.1) is 0 Å². The van der Waals surface area contributed by atoms with Crippen molar-refractivity contribution in [3.05, 3.63) is 48.0 Å². The van der Waals surface area contributed by atoms with Crippen molar-refractivity contribution in [2.75, 3.05) is 31.7 Å². The van der Waals surface area contributed by atoms with E-state index in [4.69, 9.17) is 14.2 Å². The van der Waals surface area contributed by atoms with Crippen LogP contribution in [0.5, 0.6) is 17.2 Å². The highest BCUT2D eigenvalue weighted by Crippen LogP contribution is 2.28. The summed E-state index contributed by atoms with van der Waals surface area (Å²) in [5.74, 6) is 7.02. The molecule has 7 heteroatoms. The molecule has 0 aliphatic heterocycles. The van der Waals surface area contributed by atoms with Gasteiger partial charge >= 0.3 is 0 Å². The van der Waals surface area contributed by atoms with Crippen LogP contribution in [0.4, 0.5) is 5.69 Å². The zero-order valence-corrected chi connectivity index (χ0v) is 17.4. The summed E-state index contributed by atoms with van der Waals surface area (Å²) in [5.41, 5.74) is 1.12. The SMILES string of the molecule is CCOc1ccc(C(=O)NCC#CCOc2cccc(NC(C)=O)c2)cc1OCC. The maximum Gasteiger partial charge on any atom is 0.252 e. The Labute approximate surface area is 176 Å². The van der Waals surface area contributed by atoms with Gasteiger partial charge in [0.2, 0.25) is 5.91 Å². The van der Waals surface area contributed by atoms with E-state index in [-0.39, 0.29) is 25.0 Å². The first-order chi connectivity index (χ1) is 14.5. The number of rotatable bonds is 9. The van der Waals surface area contributed by atoms with Gasteiger partial charge < -0.3 is 24.8 Å². The normalized spacial score (nSPS) is 9.70. The summed E-state index contributed by atoms with van der Waals surface area (Å²) in [4.78, 5) is 23.4. The smallest absolute Gasteiger partial charge is 0.252 e. The number of hydrogen-bond donors (Lipinski definition) is 2. The largest absolute Gasteiger partial charge is 0.490 e. The topological polar surface area (TPSA) is 85.9 Å². The predicted molar refractivity (Wildman–Crippen MR) is 115 cm³/mol. The van der Waals surface area contributed by atoms with Crippen LogP contribution in [0.15, 0.2) is 42.5 Å². The molecule has 7 nitrogen and oxygen atoms in total. The molecule has 30 heavy (non-hydrogen) atoms. The van der Waals surface area contributed by atoms with Crippen LogP contribution in [-0.4, -0.2) is 38.2 Å². The fourth-order valence-corrected chi connectivity index (χ4v) is 2.52. The second-order valence-electron chi connectivity index (χ2n) is 6.06.